The zero-order valence-corrected chi connectivity index (χ0v) is 13.2. The Hall–Kier alpha value is -0.570. The summed E-state index contributed by atoms with van der Waals surface area (Å²) in [5, 5.41) is 6.07. The number of rotatable bonds is 7. The standard InChI is InChI=1S/C9H18N2O8P2/c1-8(2,7-10-3-4-11-7)5-19-6-9(12,20(13,14)15)21(16,17)18/h3-4,12H,5-6H2,1-2H3,(H,10,11)(H2,13,14,15)(H2,16,17,18). The van der Waals surface area contributed by atoms with Crippen molar-refractivity contribution < 1.29 is 38.5 Å². The van der Waals surface area contributed by atoms with Crippen LogP contribution in [0.2, 0.25) is 0 Å². The number of nitrogens with zero attached hydrogens (tertiary/aromatic N) is 1. The maximum Gasteiger partial charge on any atom is 0.371 e. The summed E-state index contributed by atoms with van der Waals surface area (Å²) in [6, 6.07) is 0. The molecule has 0 aliphatic carbocycles. The summed E-state index contributed by atoms with van der Waals surface area (Å²) in [6.45, 7) is 1.99. The number of aromatic nitrogens is 2. The third-order valence-electron chi connectivity index (χ3n) is 2.83. The Morgan fingerprint density at radius 2 is 1.71 bits per heavy atom. The van der Waals surface area contributed by atoms with E-state index in [4.69, 9.17) is 24.3 Å². The van der Waals surface area contributed by atoms with Crippen LogP contribution in [-0.2, 0) is 19.3 Å². The first-order valence-electron chi connectivity index (χ1n) is 5.72. The molecule has 0 radical (unpaired) electrons. The predicted molar refractivity (Wildman–Crippen MR) is 71.5 cm³/mol. The molecule has 6 N–H and O–H groups in total. The minimum atomic E-state index is -5.51. The van der Waals surface area contributed by atoms with Gasteiger partial charge in [0.15, 0.2) is 0 Å². The van der Waals surface area contributed by atoms with Gasteiger partial charge in [0.2, 0.25) is 0 Å². The van der Waals surface area contributed by atoms with Crippen LogP contribution in [0.15, 0.2) is 12.4 Å². The molecule has 0 unspecified atom stereocenters. The molecule has 12 heteroatoms. The van der Waals surface area contributed by atoms with Crippen LogP contribution in [0, 0.1) is 0 Å². The maximum absolute atomic E-state index is 11.1. The van der Waals surface area contributed by atoms with E-state index in [2.05, 4.69) is 9.97 Å². The van der Waals surface area contributed by atoms with Crippen LogP contribution in [0.1, 0.15) is 19.7 Å². The Morgan fingerprint density at radius 1 is 1.19 bits per heavy atom. The summed E-state index contributed by atoms with van der Waals surface area (Å²) in [5.74, 6) is 0.512. The van der Waals surface area contributed by atoms with Crippen molar-refractivity contribution >= 4 is 15.2 Å². The molecular formula is C9H18N2O8P2. The topological polar surface area (TPSA) is 173 Å². The van der Waals surface area contributed by atoms with E-state index in [1.165, 1.54) is 6.20 Å². The van der Waals surface area contributed by atoms with Gasteiger partial charge < -0.3 is 34.4 Å². The number of H-pyrrole nitrogens is 1. The quantitative estimate of drug-likeness (QED) is 0.363. The van der Waals surface area contributed by atoms with Gasteiger partial charge in [0.25, 0.3) is 5.08 Å². The highest BCUT2D eigenvalue weighted by Gasteiger charge is 2.60. The van der Waals surface area contributed by atoms with Crippen LogP contribution in [0.4, 0.5) is 0 Å². The van der Waals surface area contributed by atoms with Crippen LogP contribution < -0.4 is 0 Å². The van der Waals surface area contributed by atoms with E-state index < -0.39 is 32.3 Å². The lowest BCUT2D eigenvalue weighted by Gasteiger charge is -2.30. The Morgan fingerprint density at radius 3 is 2.10 bits per heavy atom. The number of ether oxygens (including phenoxy) is 1. The summed E-state index contributed by atoms with van der Waals surface area (Å²) >= 11 is 0. The molecular weight excluding hydrogens is 326 g/mol. The first-order chi connectivity index (χ1) is 9.31. The van der Waals surface area contributed by atoms with Crippen LogP contribution in [0.25, 0.3) is 0 Å². The van der Waals surface area contributed by atoms with Crippen LogP contribution in [-0.4, -0.2) is 52.9 Å². The van der Waals surface area contributed by atoms with E-state index in [9.17, 15) is 14.2 Å². The van der Waals surface area contributed by atoms with E-state index in [0.29, 0.717) is 5.82 Å². The monoisotopic (exact) mass is 344 g/mol. The van der Waals surface area contributed by atoms with Crippen LogP contribution in [0.5, 0.6) is 0 Å². The largest absolute Gasteiger partial charge is 0.376 e. The lowest BCUT2D eigenvalue weighted by atomic mass is 9.94. The molecule has 0 bridgehead atoms. The van der Waals surface area contributed by atoms with E-state index in [-0.39, 0.29) is 6.61 Å². The highest BCUT2D eigenvalue weighted by molar-refractivity contribution is 7.72. The van der Waals surface area contributed by atoms with Gasteiger partial charge in [0.1, 0.15) is 5.82 Å². The summed E-state index contributed by atoms with van der Waals surface area (Å²) in [4.78, 5) is 42.6. The normalized spacial score (nSPS) is 14.4. The fraction of sp³-hybridized carbons (Fsp3) is 0.667. The van der Waals surface area contributed by atoms with E-state index >= 15 is 0 Å². The van der Waals surface area contributed by atoms with Crippen LogP contribution in [0.3, 0.4) is 0 Å². The number of hydrogen-bond donors (Lipinski definition) is 6. The molecule has 0 atom stereocenters. The molecule has 1 aromatic heterocycles. The summed E-state index contributed by atoms with van der Waals surface area (Å²) in [6.07, 6.45) is 3.07. The van der Waals surface area contributed by atoms with Gasteiger partial charge >= 0.3 is 15.2 Å². The second-order valence-corrected chi connectivity index (χ2v) is 9.19. The fourth-order valence-electron chi connectivity index (χ4n) is 1.48. The Bertz CT molecular complexity index is 538. The molecule has 0 aliphatic rings. The van der Waals surface area contributed by atoms with E-state index in [1.807, 2.05) is 0 Å². The lowest BCUT2D eigenvalue weighted by Crippen LogP contribution is -2.37. The van der Waals surface area contributed by atoms with Crippen molar-refractivity contribution in [1.82, 2.24) is 9.97 Å². The highest BCUT2D eigenvalue weighted by Crippen LogP contribution is 2.67. The minimum absolute atomic E-state index is 0.178. The first kappa shape index (κ1) is 18.5. The average molecular weight is 344 g/mol. The summed E-state index contributed by atoms with van der Waals surface area (Å²) in [7, 11) is -11.0. The van der Waals surface area contributed by atoms with E-state index in [1.54, 1.807) is 20.0 Å². The van der Waals surface area contributed by atoms with Crippen molar-refractivity contribution in [2.45, 2.75) is 24.3 Å². The van der Waals surface area contributed by atoms with Crippen molar-refractivity contribution in [3.05, 3.63) is 18.2 Å². The molecule has 10 nitrogen and oxygen atoms in total. The SMILES string of the molecule is CC(C)(COCC(O)(P(=O)(O)O)P(=O)(O)O)c1ncc[nH]1. The van der Waals surface area contributed by atoms with Gasteiger partial charge in [-0.2, -0.15) is 0 Å². The molecule has 0 aliphatic heterocycles. The first-order valence-corrected chi connectivity index (χ1v) is 8.95. The molecule has 21 heavy (non-hydrogen) atoms. The molecule has 0 amide bonds. The molecule has 0 fully saturated rings. The summed E-state index contributed by atoms with van der Waals surface area (Å²) in [5.41, 5.74) is -0.714. The van der Waals surface area contributed by atoms with Gasteiger partial charge in [0.05, 0.1) is 13.2 Å². The van der Waals surface area contributed by atoms with Crippen LogP contribution >= 0.6 is 15.2 Å². The second-order valence-electron chi connectivity index (χ2n) is 5.18. The predicted octanol–water partition coefficient (Wildman–Crippen LogP) is -0.295. The third kappa shape index (κ3) is 4.00. The number of nitrogens with one attached hydrogen (secondary N) is 1. The highest BCUT2D eigenvalue weighted by atomic mass is 31.2. The Balaban J connectivity index is 2.81. The van der Waals surface area contributed by atoms with Gasteiger partial charge in [-0.15, -0.1) is 0 Å². The van der Waals surface area contributed by atoms with Gasteiger partial charge in [-0.1, -0.05) is 13.8 Å². The molecule has 1 rings (SSSR count). The lowest BCUT2D eigenvalue weighted by molar-refractivity contribution is 0.00866. The molecule has 122 valence electrons. The summed E-state index contributed by atoms with van der Waals surface area (Å²) < 4.78 is 27.2. The third-order valence-corrected chi connectivity index (χ3v) is 6.52. The average Bonchev–Trinajstić information content (AvgIpc) is 2.79. The van der Waals surface area contributed by atoms with Crippen molar-refractivity contribution in [3.8, 4) is 0 Å². The molecule has 1 aromatic rings. The van der Waals surface area contributed by atoms with Crippen molar-refractivity contribution in [3.63, 3.8) is 0 Å². The van der Waals surface area contributed by atoms with Gasteiger partial charge in [0, 0.05) is 17.8 Å². The molecule has 0 saturated carbocycles. The Kier molecular flexibility index (Phi) is 5.20. The van der Waals surface area contributed by atoms with Crippen molar-refractivity contribution in [2.24, 2.45) is 0 Å². The number of hydrogen-bond acceptors (Lipinski definition) is 5. The number of aliphatic hydroxyl groups is 1. The maximum atomic E-state index is 11.1. The van der Waals surface area contributed by atoms with Gasteiger partial charge in [-0.3, -0.25) is 9.13 Å². The fourth-order valence-corrected chi connectivity index (χ4v) is 3.36. The number of aromatic amines is 1. The minimum Gasteiger partial charge on any atom is -0.376 e. The van der Waals surface area contributed by atoms with E-state index in [0.717, 1.165) is 0 Å². The van der Waals surface area contributed by atoms with Gasteiger partial charge in [-0.05, 0) is 0 Å². The zero-order valence-electron chi connectivity index (χ0n) is 11.4. The molecule has 1 heterocycles. The van der Waals surface area contributed by atoms with Crippen molar-refractivity contribution in [1.29, 1.82) is 0 Å². The smallest absolute Gasteiger partial charge is 0.371 e. The van der Waals surface area contributed by atoms with Crippen molar-refractivity contribution in [2.75, 3.05) is 13.2 Å². The molecule has 0 saturated heterocycles. The second kappa shape index (κ2) is 5.91. The zero-order chi connectivity index (χ0) is 16.5. The molecule has 0 aromatic carbocycles. The van der Waals surface area contributed by atoms with Gasteiger partial charge in [-0.25, -0.2) is 4.98 Å². The number of imidazole rings is 1. The molecule has 0 spiro atoms. The Labute approximate surface area is 120 Å².